The first-order valence-electron chi connectivity index (χ1n) is 25.8. The number of ether oxygens (including phenoxy) is 6. The lowest BCUT2D eigenvalue weighted by molar-refractivity contribution is -0.332. The maximum absolute atomic E-state index is 13.0. The summed E-state index contributed by atoms with van der Waals surface area (Å²) in [6.07, 6.45) is 19.5. The smallest absolute Gasteiger partial charge is 0.306 e. The molecule has 0 aromatic heterocycles. The van der Waals surface area contributed by atoms with Crippen LogP contribution in [-0.4, -0.2) is 142 Å². The Morgan fingerprint density at radius 2 is 0.877 bits per heavy atom. The molecular formula is C50H92O15. The molecule has 0 amide bonds. The number of hydrogen-bond donors (Lipinski definition) is 7. The number of aliphatic hydroxyl groups is 7. The van der Waals surface area contributed by atoms with Gasteiger partial charge in [-0.1, -0.05) is 161 Å². The van der Waals surface area contributed by atoms with Crippen LogP contribution in [0.1, 0.15) is 200 Å². The van der Waals surface area contributed by atoms with E-state index in [1.54, 1.807) is 0 Å². The van der Waals surface area contributed by atoms with E-state index in [2.05, 4.69) is 26.0 Å². The molecule has 65 heavy (non-hydrogen) atoms. The highest BCUT2D eigenvalue weighted by Crippen LogP contribution is 2.26. The summed E-state index contributed by atoms with van der Waals surface area (Å²) in [5.41, 5.74) is 0. The van der Waals surface area contributed by atoms with Crippen LogP contribution < -0.4 is 0 Å². The molecule has 2 aliphatic rings. The van der Waals surface area contributed by atoms with Crippen LogP contribution in [0.2, 0.25) is 0 Å². The molecular weight excluding hydrogens is 841 g/mol. The summed E-state index contributed by atoms with van der Waals surface area (Å²) >= 11 is 0. The van der Waals surface area contributed by atoms with Gasteiger partial charge in [-0.2, -0.15) is 0 Å². The van der Waals surface area contributed by atoms with Crippen LogP contribution in [0, 0.1) is 0 Å². The SMILES string of the molecule is CCCCCC/C=C/CCCCCCCCCCCC(=O)OC[C@@H](CO[C@@H]1O[C@H](CO[C@@H]2O[C@H](CO)[C@H](O)C(O)C2O)[C@H](O)C(O)C1O)OC(=O)CCCCCCCCCCCCCC. The molecule has 7 N–H and O–H groups in total. The Morgan fingerprint density at radius 3 is 1.37 bits per heavy atom. The molecule has 0 aromatic carbocycles. The van der Waals surface area contributed by atoms with E-state index < -0.39 is 92.7 Å². The molecule has 15 nitrogen and oxygen atoms in total. The zero-order chi connectivity index (χ0) is 47.5. The first-order chi connectivity index (χ1) is 31.5. The fourth-order valence-electron chi connectivity index (χ4n) is 8.21. The highest BCUT2D eigenvalue weighted by molar-refractivity contribution is 5.70. The van der Waals surface area contributed by atoms with Gasteiger partial charge in [0.1, 0.15) is 55.4 Å². The Kier molecular flexibility index (Phi) is 34.8. The van der Waals surface area contributed by atoms with Crippen molar-refractivity contribution in [2.75, 3.05) is 26.4 Å². The molecule has 0 spiro atoms. The van der Waals surface area contributed by atoms with Crippen molar-refractivity contribution in [3.63, 3.8) is 0 Å². The lowest BCUT2D eigenvalue weighted by atomic mass is 9.98. The van der Waals surface area contributed by atoms with E-state index >= 15 is 0 Å². The van der Waals surface area contributed by atoms with Gasteiger partial charge in [0.25, 0.3) is 0 Å². The normalized spacial score (nSPS) is 26.4. The maximum Gasteiger partial charge on any atom is 0.306 e. The highest BCUT2D eigenvalue weighted by Gasteiger charge is 2.47. The second kappa shape index (κ2) is 38.1. The molecule has 0 aromatic rings. The number of carbonyl (C=O) groups is 2. The van der Waals surface area contributed by atoms with Gasteiger partial charge in [-0.15, -0.1) is 0 Å². The maximum atomic E-state index is 13.0. The minimum atomic E-state index is -1.76. The summed E-state index contributed by atoms with van der Waals surface area (Å²) in [5, 5.41) is 72.0. The molecule has 2 heterocycles. The Morgan fingerprint density at radius 1 is 0.477 bits per heavy atom. The predicted molar refractivity (Wildman–Crippen MR) is 248 cm³/mol. The summed E-state index contributed by atoms with van der Waals surface area (Å²) in [4.78, 5) is 25.7. The van der Waals surface area contributed by atoms with E-state index in [0.717, 1.165) is 38.5 Å². The van der Waals surface area contributed by atoms with Crippen molar-refractivity contribution in [1.29, 1.82) is 0 Å². The molecule has 2 aliphatic heterocycles. The van der Waals surface area contributed by atoms with Gasteiger partial charge in [0.15, 0.2) is 18.7 Å². The van der Waals surface area contributed by atoms with Gasteiger partial charge < -0.3 is 64.2 Å². The van der Waals surface area contributed by atoms with Gasteiger partial charge in [-0.05, 0) is 38.5 Å². The first-order valence-corrected chi connectivity index (χ1v) is 25.8. The summed E-state index contributed by atoms with van der Waals surface area (Å²) in [5.74, 6) is -0.918. The number of unbranched alkanes of at least 4 members (excludes halogenated alkanes) is 24. The molecule has 11 atom stereocenters. The molecule has 15 heteroatoms. The van der Waals surface area contributed by atoms with Crippen LogP contribution in [0.4, 0.5) is 0 Å². The lowest BCUT2D eigenvalue weighted by Gasteiger charge is -2.42. The van der Waals surface area contributed by atoms with Crippen molar-refractivity contribution in [2.45, 2.75) is 268 Å². The number of esters is 2. The molecule has 4 unspecified atom stereocenters. The Hall–Kier alpha value is -1.76. The van der Waals surface area contributed by atoms with Crippen LogP contribution in [-0.2, 0) is 38.0 Å². The fourth-order valence-corrected chi connectivity index (χ4v) is 8.21. The van der Waals surface area contributed by atoms with Crippen molar-refractivity contribution < 1.29 is 73.8 Å². The molecule has 0 aliphatic carbocycles. The van der Waals surface area contributed by atoms with Crippen molar-refractivity contribution >= 4 is 11.9 Å². The van der Waals surface area contributed by atoms with Gasteiger partial charge in [0, 0.05) is 12.8 Å². The molecule has 2 saturated heterocycles. The average molecular weight is 933 g/mol. The van der Waals surface area contributed by atoms with Gasteiger partial charge in [-0.25, -0.2) is 0 Å². The van der Waals surface area contributed by atoms with Crippen molar-refractivity contribution in [3.05, 3.63) is 12.2 Å². The van der Waals surface area contributed by atoms with Crippen LogP contribution in [0.25, 0.3) is 0 Å². The van der Waals surface area contributed by atoms with Crippen molar-refractivity contribution in [3.8, 4) is 0 Å². The number of hydrogen-bond acceptors (Lipinski definition) is 15. The zero-order valence-corrected chi connectivity index (χ0v) is 40.2. The standard InChI is InChI=1S/C50H92O15/c1-3-5-7-9-11-13-15-17-18-19-20-21-23-24-26-28-30-32-41(52)60-35-38(63-42(53)33-31-29-27-25-22-16-14-12-10-8-6-4-2)36-61-49-48(59)46(57)44(55)40(65-49)37-62-50-47(58)45(56)43(54)39(34-51)64-50/h13,15,38-40,43-51,54-59H,3-12,14,16-37H2,1-2H3/b15-13+/t38-,39+,40+,43-,44-,45?,46?,47?,48?,49+,50+/m0/s1. The number of rotatable bonds is 40. The fraction of sp³-hybridized carbons (Fsp3) is 0.920. The minimum absolute atomic E-state index is 0.170. The van der Waals surface area contributed by atoms with Gasteiger partial charge in [0.05, 0.1) is 19.8 Å². The third kappa shape index (κ3) is 26.5. The van der Waals surface area contributed by atoms with Gasteiger partial charge >= 0.3 is 11.9 Å². The summed E-state index contributed by atoms with van der Waals surface area (Å²) in [6, 6.07) is 0. The van der Waals surface area contributed by atoms with E-state index in [1.165, 1.54) is 122 Å². The number of aliphatic hydroxyl groups excluding tert-OH is 7. The molecule has 0 bridgehead atoms. The van der Waals surface area contributed by atoms with E-state index in [9.17, 15) is 45.3 Å². The van der Waals surface area contributed by atoms with Crippen LogP contribution in [0.3, 0.4) is 0 Å². The quantitative estimate of drug-likeness (QED) is 0.0187. The Balaban J connectivity index is 1.79. The zero-order valence-electron chi connectivity index (χ0n) is 40.2. The minimum Gasteiger partial charge on any atom is -0.462 e. The van der Waals surface area contributed by atoms with E-state index in [-0.39, 0.29) is 26.1 Å². The summed E-state index contributed by atoms with van der Waals surface area (Å²) in [7, 11) is 0. The first kappa shape index (κ1) is 59.4. The molecule has 0 saturated carbocycles. The van der Waals surface area contributed by atoms with Crippen molar-refractivity contribution in [1.82, 2.24) is 0 Å². The molecule has 382 valence electrons. The highest BCUT2D eigenvalue weighted by atomic mass is 16.7. The third-order valence-electron chi connectivity index (χ3n) is 12.5. The largest absolute Gasteiger partial charge is 0.462 e. The second-order valence-electron chi connectivity index (χ2n) is 18.4. The Labute approximate surface area is 390 Å². The van der Waals surface area contributed by atoms with E-state index in [0.29, 0.717) is 12.8 Å². The second-order valence-corrected chi connectivity index (χ2v) is 18.4. The average Bonchev–Trinajstić information content (AvgIpc) is 3.30. The monoisotopic (exact) mass is 933 g/mol. The van der Waals surface area contributed by atoms with Crippen LogP contribution >= 0.6 is 0 Å². The number of allylic oxidation sites excluding steroid dienone is 2. The van der Waals surface area contributed by atoms with E-state index in [1.807, 2.05) is 0 Å². The van der Waals surface area contributed by atoms with Crippen LogP contribution in [0.5, 0.6) is 0 Å². The van der Waals surface area contributed by atoms with Crippen molar-refractivity contribution in [2.24, 2.45) is 0 Å². The molecule has 2 rings (SSSR count). The van der Waals surface area contributed by atoms with Gasteiger partial charge in [-0.3, -0.25) is 9.59 Å². The predicted octanol–water partition coefficient (Wildman–Crippen LogP) is 6.99. The molecule has 0 radical (unpaired) electrons. The van der Waals surface area contributed by atoms with Crippen LogP contribution in [0.15, 0.2) is 12.2 Å². The lowest BCUT2D eigenvalue weighted by Crippen LogP contribution is -2.61. The molecule has 2 fully saturated rings. The summed E-state index contributed by atoms with van der Waals surface area (Å²) < 4.78 is 33.6. The topological polar surface area (TPSA) is 231 Å². The van der Waals surface area contributed by atoms with Gasteiger partial charge in [0.2, 0.25) is 0 Å². The number of carbonyl (C=O) groups excluding carboxylic acids is 2. The van der Waals surface area contributed by atoms with E-state index in [4.69, 9.17) is 28.4 Å². The Bertz CT molecular complexity index is 1190. The third-order valence-corrected chi connectivity index (χ3v) is 12.5. The summed E-state index contributed by atoms with van der Waals surface area (Å²) in [6.45, 7) is 2.59.